The first-order valence-corrected chi connectivity index (χ1v) is 11.2. The minimum Gasteiger partial charge on any atom is -0.354 e. The lowest BCUT2D eigenvalue weighted by atomic mass is 9.48. The fourth-order valence-corrected chi connectivity index (χ4v) is 4.07. The Morgan fingerprint density at radius 3 is 2.49 bits per heavy atom. The number of fused-ring (bicyclic) bond motifs is 1. The number of anilines is 2. The van der Waals surface area contributed by atoms with Crippen LogP contribution in [0.25, 0.3) is 22.0 Å². The number of pyridine rings is 3. The van der Waals surface area contributed by atoms with E-state index < -0.39 is 5.24 Å². The summed E-state index contributed by atoms with van der Waals surface area (Å²) in [7, 11) is 19.2. The lowest BCUT2D eigenvalue weighted by Gasteiger charge is -2.43. The van der Waals surface area contributed by atoms with E-state index in [9.17, 15) is 4.79 Å². The van der Waals surface area contributed by atoms with Gasteiger partial charge in [-0.1, -0.05) is 5.24 Å². The fraction of sp³-hybridized carbons (Fsp3) is 0.261. The molecule has 1 fully saturated rings. The SMILES string of the molecule is [B]C([B])([B])N1CCN(c2cc(C(=O)Nc3cc4cc(-c5cnn(C)c5)cnc4cn3)ccn2)CC1. The van der Waals surface area contributed by atoms with E-state index in [1.165, 1.54) is 0 Å². The van der Waals surface area contributed by atoms with Gasteiger partial charge in [-0.15, -0.1) is 0 Å². The highest BCUT2D eigenvalue weighted by molar-refractivity contribution is 6.59. The molecule has 1 saturated heterocycles. The molecule has 12 heteroatoms. The third-order valence-corrected chi connectivity index (χ3v) is 6.01. The van der Waals surface area contributed by atoms with Crippen LogP contribution in [0.3, 0.4) is 0 Å². The number of hydrogen-bond acceptors (Lipinski definition) is 7. The van der Waals surface area contributed by atoms with Crippen LogP contribution in [0.15, 0.2) is 55.2 Å². The molecule has 4 aromatic heterocycles. The Bertz CT molecular complexity index is 1380. The quantitative estimate of drug-likeness (QED) is 0.445. The van der Waals surface area contributed by atoms with E-state index >= 15 is 0 Å². The van der Waals surface area contributed by atoms with Crippen molar-refractivity contribution in [2.75, 3.05) is 36.4 Å². The molecule has 0 aliphatic carbocycles. The largest absolute Gasteiger partial charge is 0.354 e. The van der Waals surface area contributed by atoms with Gasteiger partial charge in [-0.2, -0.15) is 5.10 Å². The van der Waals surface area contributed by atoms with Crippen molar-refractivity contribution in [1.29, 1.82) is 0 Å². The van der Waals surface area contributed by atoms with Gasteiger partial charge in [0.25, 0.3) is 5.91 Å². The molecular weight excluding hydrogens is 437 g/mol. The van der Waals surface area contributed by atoms with E-state index in [1.807, 2.05) is 19.3 Å². The summed E-state index contributed by atoms with van der Waals surface area (Å²) in [6, 6.07) is 7.23. The highest BCUT2D eigenvalue weighted by atomic mass is 16.1. The molecule has 0 spiro atoms. The Kier molecular flexibility index (Phi) is 6.06. The molecule has 9 nitrogen and oxygen atoms in total. The van der Waals surface area contributed by atoms with Gasteiger partial charge in [-0.3, -0.25) is 14.5 Å². The van der Waals surface area contributed by atoms with E-state index in [-0.39, 0.29) is 5.91 Å². The zero-order chi connectivity index (χ0) is 24.6. The van der Waals surface area contributed by atoms with Crippen molar-refractivity contribution < 1.29 is 4.79 Å². The summed E-state index contributed by atoms with van der Waals surface area (Å²) in [5, 5.41) is 6.60. The van der Waals surface area contributed by atoms with Gasteiger partial charge in [0.05, 0.1) is 41.4 Å². The summed E-state index contributed by atoms with van der Waals surface area (Å²) in [5.41, 5.74) is 3.11. The molecule has 0 bridgehead atoms. The van der Waals surface area contributed by atoms with Crippen molar-refractivity contribution in [3.8, 4) is 11.1 Å². The highest BCUT2D eigenvalue weighted by Crippen LogP contribution is 2.24. The first-order chi connectivity index (χ1) is 16.8. The summed E-state index contributed by atoms with van der Waals surface area (Å²) in [5.74, 6) is 0.857. The van der Waals surface area contributed by atoms with Gasteiger partial charge in [0.15, 0.2) is 0 Å². The highest BCUT2D eigenvalue weighted by Gasteiger charge is 2.25. The van der Waals surface area contributed by atoms with Crippen LogP contribution in [0.1, 0.15) is 10.4 Å². The number of carbonyl (C=O) groups excluding carboxylic acids is 1. The topological polar surface area (TPSA) is 92.1 Å². The smallest absolute Gasteiger partial charge is 0.257 e. The van der Waals surface area contributed by atoms with Crippen molar-refractivity contribution in [3.63, 3.8) is 0 Å². The summed E-state index contributed by atoms with van der Waals surface area (Å²) in [4.78, 5) is 30.1. The molecule has 5 rings (SSSR count). The summed E-state index contributed by atoms with van der Waals surface area (Å²) >= 11 is 0. The molecule has 1 aliphatic rings. The van der Waals surface area contributed by atoms with Crippen molar-refractivity contribution in [2.45, 2.75) is 5.24 Å². The van der Waals surface area contributed by atoms with Crippen LogP contribution in [-0.4, -0.2) is 90.5 Å². The lowest BCUT2D eigenvalue weighted by molar-refractivity contribution is 0.102. The maximum Gasteiger partial charge on any atom is 0.257 e. The van der Waals surface area contributed by atoms with Crippen LogP contribution < -0.4 is 10.2 Å². The molecule has 1 amide bonds. The molecule has 1 aliphatic heterocycles. The average molecular weight is 458 g/mol. The molecule has 4 aromatic rings. The number of aromatic nitrogens is 5. The molecule has 35 heavy (non-hydrogen) atoms. The van der Waals surface area contributed by atoms with E-state index in [4.69, 9.17) is 23.5 Å². The zero-order valence-corrected chi connectivity index (χ0v) is 19.3. The number of carbonyl (C=O) groups is 1. The Morgan fingerprint density at radius 2 is 1.77 bits per heavy atom. The van der Waals surface area contributed by atoms with E-state index in [1.54, 1.807) is 52.6 Å². The van der Waals surface area contributed by atoms with Crippen LogP contribution in [-0.2, 0) is 7.05 Å². The molecule has 0 atom stereocenters. The predicted octanol–water partition coefficient (Wildman–Crippen LogP) is 0.916. The van der Waals surface area contributed by atoms with Crippen LogP contribution in [0, 0.1) is 0 Å². The predicted molar refractivity (Wildman–Crippen MR) is 138 cm³/mol. The molecule has 0 unspecified atom stereocenters. The Balaban J connectivity index is 1.31. The molecule has 5 heterocycles. The fourth-order valence-electron chi connectivity index (χ4n) is 4.07. The standard InChI is InChI=1S/C23H21B3N8O/c1-32-14-18(12-30-32)17-8-16-9-20(29-13-19(16)28-11-17)31-22(35)15-2-3-27-21(10-15)33-4-6-34(7-5-33)23(24,25)26/h2-3,8-14H,4-7H2,1H3,(H,29,31,35). The zero-order valence-electron chi connectivity index (χ0n) is 19.3. The minimum atomic E-state index is -1.34. The lowest BCUT2D eigenvalue weighted by Crippen LogP contribution is -2.58. The summed E-state index contributed by atoms with van der Waals surface area (Å²) < 4.78 is 1.74. The second-order valence-corrected chi connectivity index (χ2v) is 8.61. The number of aryl methyl sites for hydroxylation is 1. The van der Waals surface area contributed by atoms with Gasteiger partial charge >= 0.3 is 0 Å². The van der Waals surface area contributed by atoms with Gasteiger partial charge in [0, 0.05) is 73.9 Å². The van der Waals surface area contributed by atoms with Crippen LogP contribution in [0.4, 0.5) is 11.6 Å². The first-order valence-electron chi connectivity index (χ1n) is 11.2. The van der Waals surface area contributed by atoms with Gasteiger partial charge < -0.3 is 15.1 Å². The maximum atomic E-state index is 13.0. The number of hydrogen-bond donors (Lipinski definition) is 1. The van der Waals surface area contributed by atoms with Gasteiger partial charge in [-0.25, -0.2) is 9.97 Å². The van der Waals surface area contributed by atoms with Crippen LogP contribution in [0.2, 0.25) is 0 Å². The van der Waals surface area contributed by atoms with E-state index in [2.05, 4.69) is 30.3 Å². The Labute approximate surface area is 207 Å². The molecular formula is C23H21B3N8O. The average Bonchev–Trinajstić information content (AvgIpc) is 3.29. The minimum absolute atomic E-state index is 0.277. The van der Waals surface area contributed by atoms with Crippen LogP contribution in [0.5, 0.6) is 0 Å². The van der Waals surface area contributed by atoms with Gasteiger partial charge in [-0.05, 0) is 24.3 Å². The molecule has 6 radical (unpaired) electrons. The molecule has 168 valence electrons. The van der Waals surface area contributed by atoms with Crippen molar-refractivity contribution in [1.82, 2.24) is 29.6 Å². The van der Waals surface area contributed by atoms with Crippen molar-refractivity contribution in [2.24, 2.45) is 7.05 Å². The molecule has 0 aromatic carbocycles. The van der Waals surface area contributed by atoms with Gasteiger partial charge in [0.2, 0.25) is 0 Å². The number of rotatable bonds is 5. The second-order valence-electron chi connectivity index (χ2n) is 8.61. The maximum absolute atomic E-state index is 13.0. The second kappa shape index (κ2) is 9.18. The van der Waals surface area contributed by atoms with Gasteiger partial charge in [0.1, 0.15) is 11.6 Å². The first kappa shape index (κ1) is 23.1. The van der Waals surface area contributed by atoms with E-state index in [0.717, 1.165) is 22.0 Å². The number of nitrogens with one attached hydrogen (secondary N) is 1. The van der Waals surface area contributed by atoms with Crippen molar-refractivity contribution >= 4 is 52.0 Å². The van der Waals surface area contributed by atoms with E-state index in [0.29, 0.717) is 43.4 Å². The summed E-state index contributed by atoms with van der Waals surface area (Å²) in [6.07, 6.45) is 8.75. The third kappa shape index (κ3) is 5.07. The normalized spacial score (nSPS) is 14.8. The summed E-state index contributed by atoms with van der Waals surface area (Å²) in [6.45, 7) is 2.48. The third-order valence-electron chi connectivity index (χ3n) is 6.01. The van der Waals surface area contributed by atoms with Crippen LogP contribution >= 0.6 is 0 Å². The Morgan fingerprint density at radius 1 is 0.971 bits per heavy atom. The Hall–Kier alpha value is -3.66. The van der Waals surface area contributed by atoms with Crippen molar-refractivity contribution in [3.05, 3.63) is 60.8 Å². The molecule has 0 saturated carbocycles. The number of piperazine rings is 1. The number of amides is 1. The molecule has 1 N–H and O–H groups in total. The monoisotopic (exact) mass is 458 g/mol. The number of nitrogens with zero attached hydrogens (tertiary/aromatic N) is 7.